The molecule has 1 heterocycles. The third-order valence-corrected chi connectivity index (χ3v) is 5.23. The van der Waals surface area contributed by atoms with Crippen LogP contribution in [0.5, 0.6) is 0 Å². The maximum Gasteiger partial charge on any atom is 0.317 e. The van der Waals surface area contributed by atoms with Crippen LogP contribution in [-0.2, 0) is 4.79 Å². The van der Waals surface area contributed by atoms with E-state index < -0.39 is 11.4 Å². The normalized spacial score (nSPS) is 30.7. The molecule has 21 heavy (non-hydrogen) atoms. The Kier molecular flexibility index (Phi) is 4.76. The molecule has 1 saturated carbocycles. The zero-order valence-corrected chi connectivity index (χ0v) is 13.3. The molecular formula is C15H27N3O3. The van der Waals surface area contributed by atoms with Crippen molar-refractivity contribution in [3.8, 4) is 0 Å². The lowest BCUT2D eigenvalue weighted by Crippen LogP contribution is -2.54. The molecule has 2 rings (SSSR count). The molecule has 2 atom stereocenters. The molecule has 120 valence electrons. The van der Waals surface area contributed by atoms with Crippen molar-refractivity contribution < 1.29 is 14.7 Å². The van der Waals surface area contributed by atoms with E-state index in [1.165, 1.54) is 0 Å². The van der Waals surface area contributed by atoms with Gasteiger partial charge in [0.2, 0.25) is 0 Å². The number of carboxylic acids is 1. The number of hydrogen-bond acceptors (Lipinski definition) is 3. The van der Waals surface area contributed by atoms with Crippen molar-refractivity contribution in [2.75, 3.05) is 27.2 Å². The van der Waals surface area contributed by atoms with Gasteiger partial charge < -0.3 is 20.2 Å². The van der Waals surface area contributed by atoms with E-state index in [1.54, 1.807) is 6.92 Å². The van der Waals surface area contributed by atoms with Crippen LogP contribution in [0.4, 0.5) is 4.79 Å². The van der Waals surface area contributed by atoms with Crippen molar-refractivity contribution >= 4 is 12.0 Å². The van der Waals surface area contributed by atoms with E-state index in [4.69, 9.17) is 0 Å². The average molecular weight is 297 g/mol. The van der Waals surface area contributed by atoms with Crippen LogP contribution in [0.3, 0.4) is 0 Å². The highest BCUT2D eigenvalue weighted by atomic mass is 16.4. The number of carbonyl (C=O) groups excluding carboxylic acids is 1. The van der Waals surface area contributed by atoms with Crippen molar-refractivity contribution in [2.24, 2.45) is 5.41 Å². The van der Waals surface area contributed by atoms with Gasteiger partial charge >= 0.3 is 12.0 Å². The van der Waals surface area contributed by atoms with Crippen LogP contribution in [0.15, 0.2) is 0 Å². The van der Waals surface area contributed by atoms with E-state index >= 15 is 0 Å². The first-order valence-electron chi connectivity index (χ1n) is 7.80. The summed E-state index contributed by atoms with van der Waals surface area (Å²) >= 11 is 0. The van der Waals surface area contributed by atoms with E-state index in [0.29, 0.717) is 12.5 Å². The highest BCUT2D eigenvalue weighted by molar-refractivity contribution is 5.79. The summed E-state index contributed by atoms with van der Waals surface area (Å²) in [5.41, 5.74) is -0.822. The first kappa shape index (κ1) is 16.1. The molecular weight excluding hydrogens is 270 g/mol. The van der Waals surface area contributed by atoms with Crippen LogP contribution in [-0.4, -0.2) is 66.2 Å². The van der Waals surface area contributed by atoms with Crippen LogP contribution >= 0.6 is 0 Å². The van der Waals surface area contributed by atoms with E-state index in [-0.39, 0.29) is 12.1 Å². The molecule has 2 aliphatic rings. The van der Waals surface area contributed by atoms with Gasteiger partial charge in [-0.15, -0.1) is 0 Å². The van der Waals surface area contributed by atoms with E-state index in [2.05, 4.69) is 24.3 Å². The van der Waals surface area contributed by atoms with Gasteiger partial charge in [0.25, 0.3) is 0 Å². The van der Waals surface area contributed by atoms with Gasteiger partial charge in [0.05, 0.1) is 5.41 Å². The number of rotatable bonds is 3. The lowest BCUT2D eigenvalue weighted by atomic mass is 9.85. The molecule has 1 saturated heterocycles. The van der Waals surface area contributed by atoms with Gasteiger partial charge in [0.15, 0.2) is 0 Å². The first-order valence-corrected chi connectivity index (χ1v) is 7.80. The maximum atomic E-state index is 12.3. The molecule has 2 unspecified atom stereocenters. The maximum absolute atomic E-state index is 12.3. The summed E-state index contributed by atoms with van der Waals surface area (Å²) in [6.07, 6.45) is 4.19. The molecule has 1 aliphatic carbocycles. The zero-order valence-electron chi connectivity index (χ0n) is 13.3. The number of carboxylic acid groups (broad SMARTS) is 1. The summed E-state index contributed by atoms with van der Waals surface area (Å²) in [6.45, 7) is 3.22. The van der Waals surface area contributed by atoms with Crippen LogP contribution in [0.2, 0.25) is 0 Å². The summed E-state index contributed by atoms with van der Waals surface area (Å²) in [6, 6.07) is 0.172. The minimum absolute atomic E-state index is 0.105. The number of nitrogens with zero attached hydrogens (tertiary/aromatic N) is 2. The van der Waals surface area contributed by atoms with E-state index in [0.717, 1.165) is 38.8 Å². The second-order valence-electron chi connectivity index (χ2n) is 6.80. The molecule has 0 spiro atoms. The number of carbonyl (C=O) groups is 2. The first-order chi connectivity index (χ1) is 9.84. The van der Waals surface area contributed by atoms with Gasteiger partial charge in [-0.2, -0.15) is 0 Å². The molecule has 0 aromatic rings. The number of aliphatic carboxylic acids is 1. The summed E-state index contributed by atoms with van der Waals surface area (Å²) in [4.78, 5) is 27.8. The molecule has 2 N–H and O–H groups in total. The van der Waals surface area contributed by atoms with Gasteiger partial charge in [0, 0.05) is 25.2 Å². The Balaban J connectivity index is 1.89. The Hall–Kier alpha value is -1.30. The van der Waals surface area contributed by atoms with Crippen LogP contribution in [0, 0.1) is 5.41 Å². The second kappa shape index (κ2) is 6.22. The lowest BCUT2D eigenvalue weighted by molar-refractivity contribution is -0.148. The SMILES string of the molecule is CN(C)C1CCN(C(=O)NC2CCCC2(C)C(=O)O)CC1. The third-order valence-electron chi connectivity index (χ3n) is 5.23. The molecule has 2 amide bonds. The molecule has 0 bridgehead atoms. The molecule has 2 fully saturated rings. The fourth-order valence-electron chi connectivity index (χ4n) is 3.48. The Morgan fingerprint density at radius 3 is 2.38 bits per heavy atom. The topological polar surface area (TPSA) is 72.9 Å². The van der Waals surface area contributed by atoms with Crippen LogP contribution in [0.25, 0.3) is 0 Å². The highest BCUT2D eigenvalue weighted by Gasteiger charge is 2.46. The summed E-state index contributed by atoms with van der Waals surface area (Å²) in [7, 11) is 4.13. The summed E-state index contributed by atoms with van der Waals surface area (Å²) in [5.74, 6) is -0.809. The minimum atomic E-state index is -0.822. The van der Waals surface area contributed by atoms with Crippen molar-refractivity contribution in [1.29, 1.82) is 0 Å². The second-order valence-corrected chi connectivity index (χ2v) is 6.80. The number of amides is 2. The van der Waals surface area contributed by atoms with E-state index in [9.17, 15) is 14.7 Å². The Bertz CT molecular complexity index is 405. The van der Waals surface area contributed by atoms with Crippen molar-refractivity contribution in [1.82, 2.24) is 15.1 Å². The Labute approximate surface area is 126 Å². The molecule has 0 aromatic heterocycles. The standard InChI is InChI=1S/C15H27N3O3/c1-15(13(19)20)8-4-5-12(15)16-14(21)18-9-6-11(7-10-18)17(2)3/h11-12H,4-10H2,1-3H3,(H,16,21)(H,19,20). The van der Waals surface area contributed by atoms with E-state index in [1.807, 2.05) is 4.90 Å². The smallest absolute Gasteiger partial charge is 0.317 e. The Morgan fingerprint density at radius 2 is 1.86 bits per heavy atom. The number of piperidine rings is 1. The highest BCUT2D eigenvalue weighted by Crippen LogP contribution is 2.38. The molecule has 1 aliphatic heterocycles. The zero-order chi connectivity index (χ0) is 15.6. The summed E-state index contributed by atoms with van der Waals surface area (Å²) < 4.78 is 0. The number of nitrogens with one attached hydrogen (secondary N) is 1. The largest absolute Gasteiger partial charge is 0.481 e. The fourth-order valence-corrected chi connectivity index (χ4v) is 3.48. The monoisotopic (exact) mass is 297 g/mol. The summed E-state index contributed by atoms with van der Waals surface area (Å²) in [5, 5.41) is 12.3. The average Bonchev–Trinajstić information content (AvgIpc) is 2.81. The van der Waals surface area contributed by atoms with Gasteiger partial charge in [-0.1, -0.05) is 6.42 Å². The third kappa shape index (κ3) is 3.31. The molecule has 0 radical (unpaired) electrons. The van der Waals surface area contributed by atoms with Crippen molar-refractivity contribution in [2.45, 2.75) is 51.1 Å². The lowest BCUT2D eigenvalue weighted by Gasteiger charge is -2.37. The van der Waals surface area contributed by atoms with Crippen LogP contribution in [0.1, 0.15) is 39.0 Å². The van der Waals surface area contributed by atoms with Gasteiger partial charge in [0.1, 0.15) is 0 Å². The van der Waals surface area contributed by atoms with Crippen molar-refractivity contribution in [3.05, 3.63) is 0 Å². The van der Waals surface area contributed by atoms with Gasteiger partial charge in [-0.3, -0.25) is 4.79 Å². The van der Waals surface area contributed by atoms with Crippen LogP contribution < -0.4 is 5.32 Å². The molecule has 0 aromatic carbocycles. The quantitative estimate of drug-likeness (QED) is 0.825. The fraction of sp³-hybridized carbons (Fsp3) is 0.867. The number of likely N-dealkylation sites (tertiary alicyclic amines) is 1. The number of urea groups is 1. The van der Waals surface area contributed by atoms with Gasteiger partial charge in [-0.05, 0) is 46.7 Å². The molecule has 6 heteroatoms. The van der Waals surface area contributed by atoms with Gasteiger partial charge in [-0.25, -0.2) is 4.79 Å². The van der Waals surface area contributed by atoms with Crippen molar-refractivity contribution in [3.63, 3.8) is 0 Å². The number of hydrogen-bond donors (Lipinski definition) is 2. The molecule has 6 nitrogen and oxygen atoms in total. The predicted octanol–water partition coefficient (Wildman–Crippen LogP) is 1.37. The minimum Gasteiger partial charge on any atom is -0.481 e. The predicted molar refractivity (Wildman–Crippen MR) is 80.2 cm³/mol. The Morgan fingerprint density at radius 1 is 1.24 bits per heavy atom.